The van der Waals surface area contributed by atoms with E-state index in [0.717, 1.165) is 28.8 Å². The van der Waals surface area contributed by atoms with Crippen LogP contribution in [0.25, 0.3) is 0 Å². The number of aromatic nitrogens is 2. The Bertz CT molecular complexity index is 592. The van der Waals surface area contributed by atoms with Gasteiger partial charge in [-0.2, -0.15) is 0 Å². The number of nitrogens with one attached hydrogen (secondary N) is 2. The largest absolute Gasteiger partial charge is 0.453 e. The van der Waals surface area contributed by atoms with E-state index < -0.39 is 12.1 Å². The quantitative estimate of drug-likeness (QED) is 0.679. The SMILES string of the molecule is CC[C@H](C)C(NC(=O)OC)C(=O)N1[C@@H](C)CC[C@H]1c1ncc(I)[nH]1. The van der Waals surface area contributed by atoms with Crippen molar-refractivity contribution in [1.29, 1.82) is 0 Å². The average molecular weight is 448 g/mol. The topological polar surface area (TPSA) is 87.3 Å². The predicted octanol–water partition coefficient (Wildman–Crippen LogP) is 2.84. The second-order valence-corrected chi connectivity index (χ2v) is 7.47. The molecule has 0 bridgehead atoms. The highest BCUT2D eigenvalue weighted by atomic mass is 127. The summed E-state index contributed by atoms with van der Waals surface area (Å²) in [7, 11) is 1.31. The predicted molar refractivity (Wildman–Crippen MR) is 98.4 cm³/mol. The van der Waals surface area contributed by atoms with Crippen molar-refractivity contribution in [2.24, 2.45) is 5.92 Å². The summed E-state index contributed by atoms with van der Waals surface area (Å²) in [5.74, 6) is 0.746. The first-order chi connectivity index (χ1) is 11.4. The zero-order valence-electron chi connectivity index (χ0n) is 14.5. The van der Waals surface area contributed by atoms with Crippen LogP contribution in [0, 0.1) is 9.62 Å². The molecule has 1 fully saturated rings. The van der Waals surface area contributed by atoms with Crippen LogP contribution in [0.15, 0.2) is 6.20 Å². The Morgan fingerprint density at radius 2 is 2.25 bits per heavy atom. The zero-order chi connectivity index (χ0) is 17.9. The molecule has 1 unspecified atom stereocenters. The minimum absolute atomic E-state index is 0.0155. The highest BCUT2D eigenvalue weighted by molar-refractivity contribution is 14.1. The van der Waals surface area contributed by atoms with Gasteiger partial charge in [0.05, 0.1) is 23.0 Å². The molecule has 1 aromatic rings. The molecule has 0 saturated carbocycles. The molecule has 2 rings (SSSR count). The van der Waals surface area contributed by atoms with Gasteiger partial charge in [0.15, 0.2) is 0 Å². The first-order valence-electron chi connectivity index (χ1n) is 8.26. The van der Waals surface area contributed by atoms with Crippen LogP contribution >= 0.6 is 22.6 Å². The van der Waals surface area contributed by atoms with Gasteiger partial charge in [-0.05, 0) is 48.3 Å². The summed E-state index contributed by atoms with van der Waals surface area (Å²) in [6.07, 6.45) is 3.75. The maximum atomic E-state index is 13.2. The molecule has 0 aromatic carbocycles. The third kappa shape index (κ3) is 4.01. The van der Waals surface area contributed by atoms with Crippen LogP contribution in [0.5, 0.6) is 0 Å². The molecule has 8 heteroatoms. The lowest BCUT2D eigenvalue weighted by Gasteiger charge is -2.33. The number of ether oxygens (including phenoxy) is 1. The number of rotatable bonds is 5. The molecule has 0 radical (unpaired) electrons. The summed E-state index contributed by atoms with van der Waals surface area (Å²) < 4.78 is 5.63. The monoisotopic (exact) mass is 448 g/mol. The Balaban J connectivity index is 2.26. The fraction of sp³-hybridized carbons (Fsp3) is 0.688. The smallest absolute Gasteiger partial charge is 0.407 e. The van der Waals surface area contributed by atoms with Crippen LogP contribution in [0.2, 0.25) is 0 Å². The van der Waals surface area contributed by atoms with Gasteiger partial charge in [-0.1, -0.05) is 20.3 Å². The van der Waals surface area contributed by atoms with Crippen molar-refractivity contribution in [2.75, 3.05) is 7.11 Å². The summed E-state index contributed by atoms with van der Waals surface area (Å²) in [4.78, 5) is 34.4. The number of hydrogen-bond acceptors (Lipinski definition) is 4. The Labute approximate surface area is 156 Å². The van der Waals surface area contributed by atoms with Crippen LogP contribution in [0.4, 0.5) is 4.79 Å². The lowest BCUT2D eigenvalue weighted by molar-refractivity contribution is -0.137. The summed E-state index contributed by atoms with van der Waals surface area (Å²) >= 11 is 2.17. The van der Waals surface area contributed by atoms with E-state index in [0.29, 0.717) is 0 Å². The number of carbonyl (C=O) groups is 2. The maximum Gasteiger partial charge on any atom is 0.407 e. The van der Waals surface area contributed by atoms with E-state index in [2.05, 4.69) is 42.6 Å². The number of nitrogens with zero attached hydrogens (tertiary/aromatic N) is 2. The molecule has 1 aromatic heterocycles. The van der Waals surface area contributed by atoms with E-state index in [1.54, 1.807) is 6.20 Å². The van der Waals surface area contributed by atoms with Gasteiger partial charge in [0.2, 0.25) is 5.91 Å². The zero-order valence-corrected chi connectivity index (χ0v) is 16.7. The highest BCUT2D eigenvalue weighted by Gasteiger charge is 2.41. The number of likely N-dealkylation sites (tertiary alicyclic amines) is 1. The fourth-order valence-electron chi connectivity index (χ4n) is 3.14. The lowest BCUT2D eigenvalue weighted by Crippen LogP contribution is -2.53. The second kappa shape index (κ2) is 8.17. The van der Waals surface area contributed by atoms with Gasteiger partial charge in [-0.15, -0.1) is 0 Å². The first-order valence-corrected chi connectivity index (χ1v) is 9.33. The van der Waals surface area contributed by atoms with Crippen molar-refractivity contribution in [3.63, 3.8) is 0 Å². The number of imidazole rings is 1. The molecular formula is C16H25IN4O3. The molecule has 0 aliphatic carbocycles. The summed E-state index contributed by atoms with van der Waals surface area (Å²) in [6, 6.07) is -0.571. The van der Waals surface area contributed by atoms with Crippen molar-refractivity contribution in [3.05, 3.63) is 15.7 Å². The molecule has 0 spiro atoms. The Morgan fingerprint density at radius 3 is 2.79 bits per heavy atom. The van der Waals surface area contributed by atoms with Crippen LogP contribution in [-0.2, 0) is 9.53 Å². The van der Waals surface area contributed by atoms with E-state index in [1.165, 1.54) is 7.11 Å². The molecule has 7 nitrogen and oxygen atoms in total. The molecule has 4 atom stereocenters. The van der Waals surface area contributed by atoms with E-state index in [4.69, 9.17) is 0 Å². The lowest BCUT2D eigenvalue weighted by atomic mass is 9.97. The molecule has 134 valence electrons. The van der Waals surface area contributed by atoms with Crippen molar-refractivity contribution >= 4 is 34.6 Å². The van der Waals surface area contributed by atoms with E-state index in [-0.39, 0.29) is 23.9 Å². The van der Waals surface area contributed by atoms with Crippen molar-refractivity contribution < 1.29 is 14.3 Å². The normalized spacial score (nSPS) is 23.0. The average Bonchev–Trinajstić information content (AvgIpc) is 3.16. The third-order valence-electron chi connectivity index (χ3n) is 4.74. The van der Waals surface area contributed by atoms with Crippen LogP contribution in [-0.4, -0.2) is 46.1 Å². The van der Waals surface area contributed by atoms with Gasteiger partial charge >= 0.3 is 6.09 Å². The summed E-state index contributed by atoms with van der Waals surface area (Å²) in [6.45, 7) is 6.01. The second-order valence-electron chi connectivity index (χ2n) is 6.30. The number of hydrogen-bond donors (Lipinski definition) is 2. The Morgan fingerprint density at radius 1 is 1.54 bits per heavy atom. The van der Waals surface area contributed by atoms with Crippen molar-refractivity contribution in [2.45, 2.75) is 58.2 Å². The van der Waals surface area contributed by atoms with Gasteiger partial charge in [0, 0.05) is 6.04 Å². The van der Waals surface area contributed by atoms with Gasteiger partial charge in [-0.3, -0.25) is 4.79 Å². The third-order valence-corrected chi connectivity index (χ3v) is 5.29. The molecule has 2 amide bonds. The van der Waals surface area contributed by atoms with Gasteiger partial charge in [0.1, 0.15) is 11.9 Å². The molecule has 2 heterocycles. The fourth-order valence-corrected chi connectivity index (χ4v) is 3.55. The van der Waals surface area contributed by atoms with Crippen LogP contribution in [0.1, 0.15) is 51.9 Å². The molecular weight excluding hydrogens is 423 g/mol. The molecule has 1 aliphatic rings. The number of methoxy groups -OCH3 is 1. The van der Waals surface area contributed by atoms with E-state index >= 15 is 0 Å². The van der Waals surface area contributed by atoms with Crippen molar-refractivity contribution in [1.82, 2.24) is 20.2 Å². The molecule has 1 aliphatic heterocycles. The van der Waals surface area contributed by atoms with Gasteiger partial charge in [-0.25, -0.2) is 9.78 Å². The standard InChI is InChI=1S/C16H25IN4O3/c1-5-9(2)13(20-16(23)24-4)15(22)21-10(3)6-7-11(21)14-18-8-12(17)19-14/h8-11,13H,5-7H2,1-4H3,(H,18,19)(H,20,23)/t9-,10-,11-,13?/m0/s1. The Kier molecular flexibility index (Phi) is 6.47. The van der Waals surface area contributed by atoms with Crippen molar-refractivity contribution in [3.8, 4) is 0 Å². The van der Waals surface area contributed by atoms with E-state index in [9.17, 15) is 9.59 Å². The van der Waals surface area contributed by atoms with Crippen LogP contribution < -0.4 is 5.32 Å². The molecule has 24 heavy (non-hydrogen) atoms. The molecule has 2 N–H and O–H groups in total. The minimum atomic E-state index is -0.598. The van der Waals surface area contributed by atoms with Gasteiger partial charge < -0.3 is 19.9 Å². The number of carbonyl (C=O) groups excluding carboxylic acids is 2. The first kappa shape index (κ1) is 19.0. The number of amides is 2. The van der Waals surface area contributed by atoms with E-state index in [1.807, 2.05) is 25.7 Å². The highest BCUT2D eigenvalue weighted by Crippen LogP contribution is 2.36. The minimum Gasteiger partial charge on any atom is -0.453 e. The maximum absolute atomic E-state index is 13.2. The number of aromatic amines is 1. The number of halogens is 1. The van der Waals surface area contributed by atoms with Crippen LogP contribution in [0.3, 0.4) is 0 Å². The summed E-state index contributed by atoms with van der Waals surface area (Å²) in [5, 5.41) is 2.71. The molecule has 1 saturated heterocycles. The number of H-pyrrole nitrogens is 1. The summed E-state index contributed by atoms with van der Waals surface area (Å²) in [5.41, 5.74) is 0. The van der Waals surface area contributed by atoms with Gasteiger partial charge in [0.25, 0.3) is 0 Å². The number of alkyl carbamates (subject to hydrolysis) is 1. The Hall–Kier alpha value is -1.32.